The van der Waals surface area contributed by atoms with Crippen molar-refractivity contribution in [3.8, 4) is 11.5 Å². The zero-order chi connectivity index (χ0) is 23.9. The van der Waals surface area contributed by atoms with Crippen LogP contribution in [0.2, 0.25) is 0 Å². The number of ether oxygens (including phenoxy) is 3. The van der Waals surface area contributed by atoms with Gasteiger partial charge in [-0.15, -0.1) is 0 Å². The van der Waals surface area contributed by atoms with Gasteiger partial charge in [-0.05, 0) is 65.5 Å². The highest BCUT2D eigenvalue weighted by molar-refractivity contribution is 6.11. The van der Waals surface area contributed by atoms with Gasteiger partial charge in [0.25, 0.3) is 0 Å². The Kier molecular flexibility index (Phi) is 9.08. The summed E-state index contributed by atoms with van der Waals surface area (Å²) in [6, 6.07) is 4.82. The van der Waals surface area contributed by atoms with E-state index in [0.29, 0.717) is 24.3 Å². The first-order valence-corrected chi connectivity index (χ1v) is 11.1. The van der Waals surface area contributed by atoms with Crippen molar-refractivity contribution < 1.29 is 28.9 Å². The van der Waals surface area contributed by atoms with Crippen LogP contribution in [0.3, 0.4) is 0 Å². The van der Waals surface area contributed by atoms with Crippen LogP contribution in [0.5, 0.6) is 11.5 Å². The number of allylic oxidation sites excluding steroid dienone is 4. The Morgan fingerprint density at radius 3 is 2.47 bits per heavy atom. The maximum atomic E-state index is 13.3. The summed E-state index contributed by atoms with van der Waals surface area (Å²) in [5.74, 6) is -1.85. The molecular formula is C26H36O6. The van der Waals surface area contributed by atoms with Gasteiger partial charge in [0.1, 0.15) is 23.0 Å². The van der Waals surface area contributed by atoms with Gasteiger partial charge in [-0.25, -0.2) is 0 Å². The topological polar surface area (TPSA) is 82.1 Å². The fraction of sp³-hybridized carbons (Fsp3) is 0.538. The first kappa shape index (κ1) is 25.7. The number of rotatable bonds is 11. The van der Waals surface area contributed by atoms with Gasteiger partial charge in [0.05, 0.1) is 26.4 Å². The van der Waals surface area contributed by atoms with Crippen LogP contribution in [0, 0.1) is 11.8 Å². The summed E-state index contributed by atoms with van der Waals surface area (Å²) in [6.07, 6.45) is 7.57. The third-order valence-electron chi connectivity index (χ3n) is 6.15. The summed E-state index contributed by atoms with van der Waals surface area (Å²) in [6.45, 7) is 7.75. The summed E-state index contributed by atoms with van der Waals surface area (Å²) in [5, 5.41) is 10.1. The van der Waals surface area contributed by atoms with Crippen LogP contribution in [0.25, 0.3) is 0 Å². The quantitative estimate of drug-likeness (QED) is 0.226. The number of methoxy groups -OCH3 is 2. The van der Waals surface area contributed by atoms with E-state index in [2.05, 4.69) is 32.9 Å². The fourth-order valence-electron chi connectivity index (χ4n) is 4.18. The van der Waals surface area contributed by atoms with Gasteiger partial charge in [-0.2, -0.15) is 0 Å². The van der Waals surface area contributed by atoms with Crippen LogP contribution in [0.4, 0.5) is 0 Å². The lowest BCUT2D eigenvalue weighted by Gasteiger charge is -2.29. The molecule has 0 amide bonds. The fourth-order valence-corrected chi connectivity index (χ4v) is 4.18. The third-order valence-corrected chi connectivity index (χ3v) is 6.15. The first-order chi connectivity index (χ1) is 15.2. The minimum absolute atomic E-state index is 0.271. The molecule has 0 unspecified atom stereocenters. The van der Waals surface area contributed by atoms with Gasteiger partial charge in [0.15, 0.2) is 5.78 Å². The van der Waals surface area contributed by atoms with Crippen LogP contribution >= 0.6 is 0 Å². The van der Waals surface area contributed by atoms with Crippen molar-refractivity contribution in [1.82, 2.24) is 0 Å². The minimum Gasteiger partial charge on any atom is -0.497 e. The highest BCUT2D eigenvalue weighted by Crippen LogP contribution is 2.43. The second-order valence-corrected chi connectivity index (χ2v) is 8.84. The molecule has 0 radical (unpaired) electrons. The summed E-state index contributed by atoms with van der Waals surface area (Å²) in [5.41, 5.74) is 1.93. The first-order valence-electron chi connectivity index (χ1n) is 11.1. The van der Waals surface area contributed by atoms with Crippen molar-refractivity contribution in [3.05, 3.63) is 47.1 Å². The van der Waals surface area contributed by atoms with Crippen LogP contribution in [0.1, 0.15) is 63.7 Å². The van der Waals surface area contributed by atoms with Crippen LogP contribution in [0.15, 0.2) is 41.5 Å². The Morgan fingerprint density at radius 1 is 1.16 bits per heavy atom. The minimum atomic E-state index is -1.07. The summed E-state index contributed by atoms with van der Waals surface area (Å²) in [7, 11) is 2.98. The number of benzene rings is 1. The molecule has 6 nitrogen and oxygen atoms in total. The van der Waals surface area contributed by atoms with E-state index in [-0.39, 0.29) is 12.2 Å². The van der Waals surface area contributed by atoms with Gasteiger partial charge >= 0.3 is 5.97 Å². The SMILES string of the molecule is COc1ccc(C(=O)[C@H]2C(=O)O[C@](C)(CC/C=C(\C)CCC=C(C)C)[C@@H]2CO)c(OC)c1. The molecule has 32 heavy (non-hydrogen) atoms. The Labute approximate surface area is 191 Å². The highest BCUT2D eigenvalue weighted by atomic mass is 16.6. The Bertz CT molecular complexity index is 880. The molecule has 0 saturated carbocycles. The molecule has 1 aromatic rings. The van der Waals surface area contributed by atoms with E-state index in [1.54, 1.807) is 25.1 Å². The number of cyclic esters (lactones) is 1. The van der Waals surface area contributed by atoms with E-state index in [1.807, 2.05) is 0 Å². The third kappa shape index (κ3) is 6.00. The largest absolute Gasteiger partial charge is 0.497 e. The number of carbonyl (C=O) groups is 2. The number of aliphatic hydroxyl groups is 1. The molecule has 3 atom stereocenters. The maximum Gasteiger partial charge on any atom is 0.317 e. The van der Waals surface area contributed by atoms with E-state index >= 15 is 0 Å². The number of hydrogen-bond acceptors (Lipinski definition) is 6. The van der Waals surface area contributed by atoms with Crippen molar-refractivity contribution in [1.29, 1.82) is 0 Å². The number of hydrogen-bond donors (Lipinski definition) is 1. The number of esters is 1. The van der Waals surface area contributed by atoms with Crippen molar-refractivity contribution >= 4 is 11.8 Å². The molecule has 1 fully saturated rings. The number of ketones is 1. The number of aliphatic hydroxyl groups excluding tert-OH is 1. The zero-order valence-corrected chi connectivity index (χ0v) is 20.1. The van der Waals surface area contributed by atoms with E-state index in [9.17, 15) is 14.7 Å². The van der Waals surface area contributed by atoms with E-state index in [0.717, 1.165) is 12.8 Å². The molecule has 1 N–H and O–H groups in total. The zero-order valence-electron chi connectivity index (χ0n) is 20.1. The van der Waals surface area contributed by atoms with Gasteiger partial charge in [0, 0.05) is 12.0 Å². The monoisotopic (exact) mass is 444 g/mol. The predicted molar refractivity (Wildman–Crippen MR) is 124 cm³/mol. The molecule has 0 aromatic heterocycles. The van der Waals surface area contributed by atoms with Gasteiger partial charge in [-0.1, -0.05) is 23.3 Å². The average molecular weight is 445 g/mol. The summed E-state index contributed by atoms with van der Waals surface area (Å²) < 4.78 is 16.2. The Balaban J connectivity index is 2.16. The predicted octanol–water partition coefficient (Wildman–Crippen LogP) is 4.90. The Morgan fingerprint density at radius 2 is 1.88 bits per heavy atom. The molecule has 176 valence electrons. The molecule has 0 spiro atoms. The van der Waals surface area contributed by atoms with Crippen molar-refractivity contribution in [2.75, 3.05) is 20.8 Å². The lowest BCUT2D eigenvalue weighted by molar-refractivity contribution is -0.149. The van der Waals surface area contributed by atoms with Gasteiger partial charge < -0.3 is 19.3 Å². The molecule has 1 saturated heterocycles. The summed E-state index contributed by atoms with van der Waals surface area (Å²) >= 11 is 0. The molecule has 6 heteroatoms. The standard InChI is InChI=1S/C26H36O6/c1-17(2)9-7-10-18(3)11-8-14-26(4)21(16-27)23(25(29)32-26)24(28)20-13-12-19(30-5)15-22(20)31-6/h9,11-13,15,21,23,27H,7-8,10,14,16H2,1-6H3/b18-11+/t21-,23+,26-/m1/s1. The van der Waals surface area contributed by atoms with E-state index < -0.39 is 29.2 Å². The number of carbonyl (C=O) groups excluding carboxylic acids is 2. The average Bonchev–Trinajstić information content (AvgIpc) is 3.01. The molecule has 2 rings (SSSR count). The van der Waals surface area contributed by atoms with E-state index in [4.69, 9.17) is 14.2 Å². The molecule has 0 bridgehead atoms. The van der Waals surface area contributed by atoms with Crippen molar-refractivity contribution in [2.45, 2.75) is 59.0 Å². The normalized spacial score (nSPS) is 23.0. The molecular weight excluding hydrogens is 408 g/mol. The summed E-state index contributed by atoms with van der Waals surface area (Å²) in [4.78, 5) is 26.1. The molecule has 1 aliphatic heterocycles. The lowest BCUT2D eigenvalue weighted by atomic mass is 9.77. The van der Waals surface area contributed by atoms with Gasteiger partial charge in [0.2, 0.25) is 0 Å². The maximum absolute atomic E-state index is 13.3. The molecule has 1 aromatic carbocycles. The van der Waals surface area contributed by atoms with Gasteiger partial charge in [-0.3, -0.25) is 9.59 Å². The van der Waals surface area contributed by atoms with Crippen molar-refractivity contribution in [3.63, 3.8) is 0 Å². The smallest absolute Gasteiger partial charge is 0.317 e. The van der Waals surface area contributed by atoms with E-state index in [1.165, 1.54) is 25.4 Å². The van der Waals surface area contributed by atoms with Crippen LogP contribution < -0.4 is 9.47 Å². The van der Waals surface area contributed by atoms with Crippen LogP contribution in [-0.4, -0.2) is 43.3 Å². The molecule has 0 aliphatic carbocycles. The lowest BCUT2D eigenvalue weighted by Crippen LogP contribution is -2.38. The van der Waals surface area contributed by atoms with Crippen molar-refractivity contribution in [2.24, 2.45) is 11.8 Å². The highest BCUT2D eigenvalue weighted by Gasteiger charge is 2.55. The Hall–Kier alpha value is -2.60. The molecule has 1 heterocycles. The number of Topliss-reactive ketones (excluding diaryl/α,β-unsaturated/α-hetero) is 1. The second-order valence-electron chi connectivity index (χ2n) is 8.84. The van der Waals surface area contributed by atoms with Crippen LogP contribution in [-0.2, 0) is 9.53 Å². The molecule has 1 aliphatic rings. The second kappa shape index (κ2) is 11.3.